The molecule has 0 atom stereocenters. The predicted molar refractivity (Wildman–Crippen MR) is 109 cm³/mol. The number of nitrogens with one attached hydrogen (secondary N) is 2. The van der Waals surface area contributed by atoms with Crippen molar-refractivity contribution in [3.63, 3.8) is 0 Å². The molecule has 1 heterocycles. The van der Waals surface area contributed by atoms with Gasteiger partial charge in [0.05, 0.1) is 21.3 Å². The second kappa shape index (κ2) is 7.88. The van der Waals surface area contributed by atoms with E-state index in [2.05, 4.69) is 9.44 Å². The minimum atomic E-state index is -4.07. The van der Waals surface area contributed by atoms with Crippen molar-refractivity contribution >= 4 is 66.0 Å². The van der Waals surface area contributed by atoms with Crippen LogP contribution in [0.4, 0.5) is 15.8 Å². The number of halogens is 3. The standard InChI is InChI=1S/C16H11Cl2FN2O4S3/c17-12-9-15(26-16(12)18)28(24,25)21-14-4-2-1-3-13(14)20-27(22,23)11-7-5-10(19)6-8-11/h1-9,20-21H. The van der Waals surface area contributed by atoms with Crippen molar-refractivity contribution in [2.45, 2.75) is 9.10 Å². The van der Waals surface area contributed by atoms with Crippen LogP contribution < -0.4 is 9.44 Å². The van der Waals surface area contributed by atoms with Crippen LogP contribution in [0.15, 0.2) is 63.7 Å². The molecule has 3 rings (SSSR count). The lowest BCUT2D eigenvalue weighted by Crippen LogP contribution is -2.17. The highest BCUT2D eigenvalue weighted by molar-refractivity contribution is 7.95. The summed E-state index contributed by atoms with van der Waals surface area (Å²) in [5.41, 5.74) is -0.0158. The third-order valence-electron chi connectivity index (χ3n) is 3.43. The number of hydrogen-bond donors (Lipinski definition) is 2. The summed E-state index contributed by atoms with van der Waals surface area (Å²) in [6.45, 7) is 0. The smallest absolute Gasteiger partial charge is 0.271 e. The van der Waals surface area contributed by atoms with Gasteiger partial charge in [-0.15, -0.1) is 11.3 Å². The van der Waals surface area contributed by atoms with Gasteiger partial charge in [0.15, 0.2) is 0 Å². The molecule has 0 saturated heterocycles. The Kier molecular flexibility index (Phi) is 5.87. The van der Waals surface area contributed by atoms with Gasteiger partial charge >= 0.3 is 0 Å². The van der Waals surface area contributed by atoms with Gasteiger partial charge in [0.25, 0.3) is 20.0 Å². The van der Waals surface area contributed by atoms with Gasteiger partial charge < -0.3 is 0 Å². The molecule has 0 aliphatic rings. The fourth-order valence-electron chi connectivity index (χ4n) is 2.13. The Morgan fingerprint density at radius 3 is 1.86 bits per heavy atom. The first-order chi connectivity index (χ1) is 13.1. The molecule has 1 aromatic heterocycles. The van der Waals surface area contributed by atoms with Crippen molar-refractivity contribution in [3.05, 3.63) is 69.8 Å². The molecule has 6 nitrogen and oxygen atoms in total. The number of sulfonamides is 2. The van der Waals surface area contributed by atoms with Crippen LogP contribution >= 0.6 is 34.5 Å². The lowest BCUT2D eigenvalue weighted by Gasteiger charge is -2.14. The highest BCUT2D eigenvalue weighted by atomic mass is 35.5. The lowest BCUT2D eigenvalue weighted by molar-refractivity contribution is 0.598. The van der Waals surface area contributed by atoms with Crippen LogP contribution in [-0.4, -0.2) is 16.8 Å². The maximum Gasteiger partial charge on any atom is 0.271 e. The van der Waals surface area contributed by atoms with Gasteiger partial charge in [0.2, 0.25) is 0 Å². The average molecular weight is 481 g/mol. The largest absolute Gasteiger partial charge is 0.277 e. The van der Waals surface area contributed by atoms with Crippen LogP contribution in [0.2, 0.25) is 9.36 Å². The highest BCUT2D eigenvalue weighted by Crippen LogP contribution is 2.36. The van der Waals surface area contributed by atoms with Crippen molar-refractivity contribution in [3.8, 4) is 0 Å². The second-order valence-corrected chi connectivity index (χ2v) is 11.1. The molecule has 0 aliphatic heterocycles. The zero-order valence-corrected chi connectivity index (χ0v) is 17.6. The molecule has 0 unspecified atom stereocenters. The van der Waals surface area contributed by atoms with Crippen LogP contribution in [0.1, 0.15) is 0 Å². The van der Waals surface area contributed by atoms with Crippen molar-refractivity contribution in [2.75, 3.05) is 9.44 Å². The summed E-state index contributed by atoms with van der Waals surface area (Å²) in [4.78, 5) is -0.177. The minimum Gasteiger partial charge on any atom is -0.277 e. The molecule has 0 saturated carbocycles. The van der Waals surface area contributed by atoms with E-state index in [-0.39, 0.29) is 29.8 Å². The molecule has 0 amide bonds. The minimum absolute atomic E-state index is 0.00571. The number of hydrogen-bond acceptors (Lipinski definition) is 5. The summed E-state index contributed by atoms with van der Waals surface area (Å²) in [5.74, 6) is -0.583. The first-order valence-corrected chi connectivity index (χ1v) is 12.0. The van der Waals surface area contributed by atoms with E-state index in [1.165, 1.54) is 30.3 Å². The quantitative estimate of drug-likeness (QED) is 0.529. The number of anilines is 2. The van der Waals surface area contributed by atoms with Crippen LogP contribution in [-0.2, 0) is 20.0 Å². The SMILES string of the molecule is O=S(=O)(Nc1ccccc1NS(=O)(=O)c1cc(Cl)c(Cl)s1)c1ccc(F)cc1. The third-order valence-corrected chi connectivity index (χ3v) is 8.51. The molecule has 12 heteroatoms. The van der Waals surface area contributed by atoms with Gasteiger partial charge in [-0.05, 0) is 42.5 Å². The van der Waals surface area contributed by atoms with Crippen LogP contribution in [0, 0.1) is 5.82 Å². The van der Waals surface area contributed by atoms with Crippen LogP contribution in [0.25, 0.3) is 0 Å². The first kappa shape index (κ1) is 20.9. The van der Waals surface area contributed by atoms with E-state index in [0.29, 0.717) is 0 Å². The maximum atomic E-state index is 13.0. The van der Waals surface area contributed by atoms with E-state index in [1.807, 2.05) is 0 Å². The van der Waals surface area contributed by atoms with E-state index < -0.39 is 25.9 Å². The Bertz CT molecular complexity index is 1210. The van der Waals surface area contributed by atoms with E-state index in [0.717, 1.165) is 35.6 Å². The molecule has 0 bridgehead atoms. The molecule has 0 fully saturated rings. The molecule has 28 heavy (non-hydrogen) atoms. The Labute approximate surface area is 175 Å². The maximum absolute atomic E-state index is 13.0. The average Bonchev–Trinajstić information content (AvgIpc) is 2.97. The summed E-state index contributed by atoms with van der Waals surface area (Å²) >= 11 is 12.4. The first-order valence-electron chi connectivity index (χ1n) is 7.43. The summed E-state index contributed by atoms with van der Waals surface area (Å²) in [5, 5.41) is 0.0948. The second-order valence-electron chi connectivity index (χ2n) is 5.40. The summed E-state index contributed by atoms with van der Waals surface area (Å²) in [6.07, 6.45) is 0. The number of para-hydroxylation sites is 2. The van der Waals surface area contributed by atoms with Gasteiger partial charge in [0.1, 0.15) is 14.4 Å². The Hall–Kier alpha value is -1.85. The van der Waals surface area contributed by atoms with Gasteiger partial charge in [-0.1, -0.05) is 35.3 Å². The fourth-order valence-corrected chi connectivity index (χ4v) is 6.17. The lowest BCUT2D eigenvalue weighted by atomic mass is 10.3. The molecular formula is C16H11Cl2FN2O4S3. The zero-order chi connectivity index (χ0) is 20.5. The molecular weight excluding hydrogens is 470 g/mol. The van der Waals surface area contributed by atoms with Crippen LogP contribution in [0.3, 0.4) is 0 Å². The van der Waals surface area contributed by atoms with Crippen LogP contribution in [0.5, 0.6) is 0 Å². The van der Waals surface area contributed by atoms with Gasteiger partial charge in [-0.2, -0.15) is 0 Å². The third kappa shape index (κ3) is 4.58. The molecule has 0 spiro atoms. The van der Waals surface area contributed by atoms with E-state index >= 15 is 0 Å². The summed E-state index contributed by atoms with van der Waals surface area (Å²) < 4.78 is 67.7. The highest BCUT2D eigenvalue weighted by Gasteiger charge is 2.22. The normalized spacial score (nSPS) is 12.0. The van der Waals surface area contributed by atoms with Gasteiger partial charge in [-0.25, -0.2) is 21.2 Å². The Morgan fingerprint density at radius 1 is 0.821 bits per heavy atom. The fraction of sp³-hybridized carbons (Fsp3) is 0. The Balaban J connectivity index is 1.92. The topological polar surface area (TPSA) is 92.3 Å². The van der Waals surface area contributed by atoms with Gasteiger partial charge in [0, 0.05) is 0 Å². The molecule has 148 valence electrons. The zero-order valence-electron chi connectivity index (χ0n) is 13.7. The molecule has 0 aliphatic carbocycles. The van der Waals surface area contributed by atoms with Gasteiger partial charge in [-0.3, -0.25) is 9.44 Å². The molecule has 2 N–H and O–H groups in total. The van der Waals surface area contributed by atoms with Crippen molar-refractivity contribution in [1.29, 1.82) is 0 Å². The summed E-state index contributed by atoms with van der Waals surface area (Å²) in [6, 6.07) is 11.2. The predicted octanol–water partition coefficient (Wildman–Crippen LogP) is 4.80. The number of benzene rings is 2. The monoisotopic (exact) mass is 480 g/mol. The van der Waals surface area contributed by atoms with E-state index in [1.54, 1.807) is 0 Å². The molecule has 2 aromatic carbocycles. The number of rotatable bonds is 6. The summed E-state index contributed by atoms with van der Waals surface area (Å²) in [7, 11) is -8.11. The molecule has 0 radical (unpaired) electrons. The van der Waals surface area contributed by atoms with Crippen molar-refractivity contribution in [1.82, 2.24) is 0 Å². The van der Waals surface area contributed by atoms with E-state index in [4.69, 9.17) is 23.2 Å². The van der Waals surface area contributed by atoms with Crippen molar-refractivity contribution in [2.24, 2.45) is 0 Å². The Morgan fingerprint density at radius 2 is 1.36 bits per heavy atom. The van der Waals surface area contributed by atoms with Crippen molar-refractivity contribution < 1.29 is 21.2 Å². The number of thiophene rings is 1. The van der Waals surface area contributed by atoms with E-state index in [9.17, 15) is 21.2 Å². The molecule has 3 aromatic rings.